The van der Waals surface area contributed by atoms with Crippen molar-refractivity contribution < 1.29 is 18.7 Å². The molecule has 0 aliphatic carbocycles. The lowest BCUT2D eigenvalue weighted by atomic mass is 10.1. The van der Waals surface area contributed by atoms with Gasteiger partial charge in [-0.3, -0.25) is 0 Å². The number of ether oxygens (including phenoxy) is 3. The summed E-state index contributed by atoms with van der Waals surface area (Å²) in [6.45, 7) is 11.0. The van der Waals surface area contributed by atoms with Crippen molar-refractivity contribution in [3.8, 4) is 40.1 Å². The summed E-state index contributed by atoms with van der Waals surface area (Å²) in [5, 5.41) is 4.17. The molecule has 7 heteroatoms. The zero-order valence-corrected chi connectivity index (χ0v) is 19.4. The number of aryl methyl sites for hydroxylation is 1. The Hall–Kier alpha value is -2.29. The fourth-order valence-electron chi connectivity index (χ4n) is 2.89. The normalized spacial score (nSPS) is 11.0. The van der Waals surface area contributed by atoms with E-state index >= 15 is 0 Å². The first kappa shape index (κ1) is 21.4. The first-order valence-electron chi connectivity index (χ1n) is 9.63. The highest BCUT2D eigenvalue weighted by Gasteiger charge is 2.16. The number of benzene rings is 2. The molecule has 0 amide bonds. The van der Waals surface area contributed by atoms with Crippen LogP contribution >= 0.6 is 22.6 Å². The van der Waals surface area contributed by atoms with Gasteiger partial charge in [0.2, 0.25) is 5.82 Å². The molecule has 0 saturated carbocycles. The molecule has 154 valence electrons. The lowest BCUT2D eigenvalue weighted by molar-refractivity contribution is 0.239. The predicted octanol–water partition coefficient (Wildman–Crippen LogP) is 5.90. The van der Waals surface area contributed by atoms with Crippen molar-refractivity contribution in [2.24, 2.45) is 0 Å². The Kier molecular flexibility index (Phi) is 7.00. The lowest BCUT2D eigenvalue weighted by Gasteiger charge is -2.15. The van der Waals surface area contributed by atoms with Crippen molar-refractivity contribution in [1.29, 1.82) is 0 Å². The predicted molar refractivity (Wildman–Crippen MR) is 121 cm³/mol. The maximum Gasteiger partial charge on any atom is 0.258 e. The standard InChI is InChI=1S/C22H25IN2O4/c1-6-26-18-9-8-15(12-19(18)27-7-2)22-24-21(25-29-22)16-10-14(5)20(17(23)11-16)28-13(3)4/h8-13H,6-7H2,1-5H3. The fraction of sp³-hybridized carbons (Fsp3) is 0.364. The maximum absolute atomic E-state index is 5.91. The Morgan fingerprint density at radius 1 is 1.00 bits per heavy atom. The largest absolute Gasteiger partial charge is 0.490 e. The van der Waals surface area contributed by atoms with E-state index in [1.807, 2.05) is 65.0 Å². The molecule has 0 spiro atoms. The highest BCUT2D eigenvalue weighted by atomic mass is 127. The van der Waals surface area contributed by atoms with Crippen molar-refractivity contribution >= 4 is 22.6 Å². The fourth-order valence-corrected chi connectivity index (χ4v) is 3.78. The second-order valence-electron chi connectivity index (χ2n) is 6.72. The van der Waals surface area contributed by atoms with E-state index in [1.165, 1.54) is 0 Å². The van der Waals surface area contributed by atoms with Gasteiger partial charge in [-0.2, -0.15) is 4.98 Å². The third-order valence-electron chi connectivity index (χ3n) is 4.06. The second-order valence-corrected chi connectivity index (χ2v) is 7.88. The zero-order chi connectivity index (χ0) is 21.0. The van der Waals surface area contributed by atoms with Gasteiger partial charge in [-0.05, 0) is 93.1 Å². The van der Waals surface area contributed by atoms with Gasteiger partial charge in [-0.1, -0.05) is 5.16 Å². The van der Waals surface area contributed by atoms with Crippen LogP contribution in [0.2, 0.25) is 0 Å². The van der Waals surface area contributed by atoms with Crippen LogP contribution in [0.1, 0.15) is 33.3 Å². The van der Waals surface area contributed by atoms with E-state index in [2.05, 4.69) is 32.7 Å². The minimum atomic E-state index is 0.115. The van der Waals surface area contributed by atoms with Gasteiger partial charge in [0.05, 0.1) is 22.9 Å². The van der Waals surface area contributed by atoms with Crippen LogP contribution in [-0.4, -0.2) is 29.5 Å². The molecule has 2 aromatic carbocycles. The van der Waals surface area contributed by atoms with Gasteiger partial charge in [-0.25, -0.2) is 0 Å². The van der Waals surface area contributed by atoms with Gasteiger partial charge < -0.3 is 18.7 Å². The number of hydrogen-bond acceptors (Lipinski definition) is 6. The molecule has 0 aliphatic heterocycles. The lowest BCUT2D eigenvalue weighted by Crippen LogP contribution is -2.08. The van der Waals surface area contributed by atoms with Gasteiger partial charge in [0.15, 0.2) is 11.5 Å². The maximum atomic E-state index is 5.91. The number of rotatable bonds is 8. The number of halogens is 1. The van der Waals surface area contributed by atoms with Crippen LogP contribution in [0.5, 0.6) is 17.2 Å². The van der Waals surface area contributed by atoms with Crippen molar-refractivity contribution in [2.45, 2.75) is 40.7 Å². The first-order chi connectivity index (χ1) is 13.9. The molecular formula is C22H25IN2O4. The smallest absolute Gasteiger partial charge is 0.258 e. The topological polar surface area (TPSA) is 66.6 Å². The van der Waals surface area contributed by atoms with Crippen LogP contribution in [-0.2, 0) is 0 Å². The molecule has 1 heterocycles. The Morgan fingerprint density at radius 3 is 2.38 bits per heavy atom. The van der Waals surface area contributed by atoms with Gasteiger partial charge in [0.1, 0.15) is 5.75 Å². The summed E-state index contributed by atoms with van der Waals surface area (Å²) in [6, 6.07) is 9.63. The van der Waals surface area contributed by atoms with E-state index in [0.29, 0.717) is 36.4 Å². The number of hydrogen-bond donors (Lipinski definition) is 0. The SMILES string of the molecule is CCOc1ccc(-c2nc(-c3cc(C)c(OC(C)C)c(I)c3)no2)cc1OCC. The second kappa shape index (κ2) is 9.47. The van der Waals surface area contributed by atoms with Crippen LogP contribution in [0, 0.1) is 10.5 Å². The molecule has 0 atom stereocenters. The van der Waals surface area contributed by atoms with E-state index in [0.717, 1.165) is 26.0 Å². The van der Waals surface area contributed by atoms with E-state index in [9.17, 15) is 0 Å². The average Bonchev–Trinajstić information content (AvgIpc) is 3.16. The van der Waals surface area contributed by atoms with E-state index in [-0.39, 0.29) is 6.10 Å². The molecule has 0 N–H and O–H groups in total. The molecule has 0 radical (unpaired) electrons. The van der Waals surface area contributed by atoms with Crippen LogP contribution in [0.25, 0.3) is 22.8 Å². The van der Waals surface area contributed by atoms with Crippen LogP contribution in [0.3, 0.4) is 0 Å². The first-order valence-corrected chi connectivity index (χ1v) is 10.7. The summed E-state index contributed by atoms with van der Waals surface area (Å²) in [5.74, 6) is 3.21. The quantitative estimate of drug-likeness (QED) is 0.353. The zero-order valence-electron chi connectivity index (χ0n) is 17.3. The summed E-state index contributed by atoms with van der Waals surface area (Å²) in [5.41, 5.74) is 2.70. The third kappa shape index (κ3) is 5.01. The summed E-state index contributed by atoms with van der Waals surface area (Å²) >= 11 is 2.27. The molecular weight excluding hydrogens is 483 g/mol. The number of nitrogens with zero attached hydrogens (tertiary/aromatic N) is 2. The number of aromatic nitrogens is 2. The Morgan fingerprint density at radius 2 is 1.72 bits per heavy atom. The van der Waals surface area contributed by atoms with Gasteiger partial charge >= 0.3 is 0 Å². The third-order valence-corrected chi connectivity index (χ3v) is 4.86. The molecule has 3 aromatic rings. The molecule has 29 heavy (non-hydrogen) atoms. The van der Waals surface area contributed by atoms with Crippen LogP contribution in [0.4, 0.5) is 0 Å². The van der Waals surface area contributed by atoms with Crippen LogP contribution < -0.4 is 14.2 Å². The highest BCUT2D eigenvalue weighted by Crippen LogP contribution is 2.34. The van der Waals surface area contributed by atoms with Crippen molar-refractivity contribution in [3.05, 3.63) is 39.5 Å². The molecule has 0 unspecified atom stereocenters. The van der Waals surface area contributed by atoms with Crippen molar-refractivity contribution in [3.63, 3.8) is 0 Å². The summed E-state index contributed by atoms with van der Waals surface area (Å²) in [7, 11) is 0. The Labute approximate surface area is 184 Å². The molecule has 0 fully saturated rings. The average molecular weight is 508 g/mol. The molecule has 6 nitrogen and oxygen atoms in total. The van der Waals surface area contributed by atoms with E-state index in [4.69, 9.17) is 18.7 Å². The minimum absolute atomic E-state index is 0.115. The van der Waals surface area contributed by atoms with E-state index < -0.39 is 0 Å². The van der Waals surface area contributed by atoms with Crippen molar-refractivity contribution in [2.75, 3.05) is 13.2 Å². The van der Waals surface area contributed by atoms with Gasteiger partial charge in [-0.15, -0.1) is 0 Å². The monoisotopic (exact) mass is 508 g/mol. The Balaban J connectivity index is 1.92. The molecule has 0 bridgehead atoms. The highest BCUT2D eigenvalue weighted by molar-refractivity contribution is 14.1. The van der Waals surface area contributed by atoms with Crippen molar-refractivity contribution in [1.82, 2.24) is 10.1 Å². The minimum Gasteiger partial charge on any atom is -0.490 e. The summed E-state index contributed by atoms with van der Waals surface area (Å²) < 4.78 is 23.7. The Bertz CT molecular complexity index is 962. The van der Waals surface area contributed by atoms with E-state index in [1.54, 1.807) is 0 Å². The summed E-state index contributed by atoms with van der Waals surface area (Å²) in [6.07, 6.45) is 0.115. The molecule has 1 aromatic heterocycles. The molecule has 3 rings (SSSR count). The molecule has 0 saturated heterocycles. The van der Waals surface area contributed by atoms with Gasteiger partial charge in [0.25, 0.3) is 5.89 Å². The van der Waals surface area contributed by atoms with Gasteiger partial charge in [0, 0.05) is 11.1 Å². The van der Waals surface area contributed by atoms with Crippen LogP contribution in [0.15, 0.2) is 34.9 Å². The molecule has 0 aliphatic rings. The summed E-state index contributed by atoms with van der Waals surface area (Å²) in [4.78, 5) is 4.58.